The molecule has 0 saturated heterocycles. The van der Waals surface area contributed by atoms with Crippen LogP contribution in [-0.2, 0) is 22.7 Å². The largest absolute Gasteiger partial charge is 0.539 e. The summed E-state index contributed by atoms with van der Waals surface area (Å²) in [5.74, 6) is 0.126. The molecule has 2 aromatic carbocycles. The van der Waals surface area contributed by atoms with Crippen molar-refractivity contribution in [3.05, 3.63) is 42.5 Å². The van der Waals surface area contributed by atoms with Crippen molar-refractivity contribution < 1.29 is 37.0 Å². The van der Waals surface area contributed by atoms with E-state index in [1.807, 2.05) is 18.2 Å². The highest BCUT2D eigenvalue weighted by Crippen LogP contribution is 2.61. The molecule has 10 heteroatoms. The maximum Gasteiger partial charge on any atom is 0.539 e. The number of ether oxygens (including phenoxy) is 1. The van der Waals surface area contributed by atoms with Gasteiger partial charge in [0.05, 0.1) is 13.2 Å². The predicted octanol–water partition coefficient (Wildman–Crippen LogP) is 3.49. The first-order valence-electron chi connectivity index (χ1n) is 7.09. The predicted molar refractivity (Wildman–Crippen MR) is 87.8 cm³/mol. The van der Waals surface area contributed by atoms with Crippen LogP contribution in [0.3, 0.4) is 0 Å². The number of fused-ring (bicyclic) bond motifs is 1. The highest BCUT2D eigenvalue weighted by Gasteiger charge is 2.38. The van der Waals surface area contributed by atoms with E-state index in [0.29, 0.717) is 12.0 Å². The zero-order chi connectivity index (χ0) is 17.6. The highest BCUT2D eigenvalue weighted by atomic mass is 31.3. The summed E-state index contributed by atoms with van der Waals surface area (Å²) in [7, 11) is -9.64. The first-order valence-corrected chi connectivity index (χ1v) is 10.1. The van der Waals surface area contributed by atoms with Gasteiger partial charge in [0.1, 0.15) is 5.75 Å². The molecule has 0 saturated carbocycles. The number of benzene rings is 2. The Hall–Kier alpha value is -1.24. The normalized spacial score (nSPS) is 14.5. The van der Waals surface area contributed by atoms with Crippen LogP contribution in [0.4, 0.5) is 0 Å². The SMILES string of the molecule is CCOCCOP(=O)(Oc1cccc2ccccc12)OP(=O)(O)O. The third-order valence-corrected chi connectivity index (χ3v) is 5.42. The number of rotatable bonds is 9. The monoisotopic (exact) mass is 376 g/mol. The lowest BCUT2D eigenvalue weighted by atomic mass is 10.1. The Kier molecular flexibility index (Phi) is 6.54. The molecule has 0 radical (unpaired) electrons. The minimum Gasteiger partial charge on any atom is -0.403 e. The average Bonchev–Trinajstić information content (AvgIpc) is 2.50. The molecule has 0 aliphatic heterocycles. The Morgan fingerprint density at radius 1 is 1.00 bits per heavy atom. The second kappa shape index (κ2) is 8.23. The molecule has 0 aliphatic carbocycles. The Labute approximate surface area is 139 Å². The Balaban J connectivity index is 2.26. The summed E-state index contributed by atoms with van der Waals surface area (Å²) in [5, 5.41) is 1.40. The molecule has 0 heterocycles. The Bertz CT molecular complexity index is 767. The summed E-state index contributed by atoms with van der Waals surface area (Å²) in [6.45, 7) is 2.04. The van der Waals surface area contributed by atoms with E-state index < -0.39 is 15.6 Å². The molecule has 1 unspecified atom stereocenters. The molecule has 1 atom stereocenters. The van der Waals surface area contributed by atoms with Crippen molar-refractivity contribution in [3.63, 3.8) is 0 Å². The van der Waals surface area contributed by atoms with Gasteiger partial charge in [-0.25, -0.2) is 9.13 Å². The van der Waals surface area contributed by atoms with Crippen LogP contribution in [0.25, 0.3) is 10.8 Å². The summed E-state index contributed by atoms with van der Waals surface area (Å²) in [5.41, 5.74) is 0. The first-order chi connectivity index (χ1) is 11.3. The molecular weight excluding hydrogens is 358 g/mol. The molecule has 2 rings (SSSR count). The quantitative estimate of drug-likeness (QED) is 0.505. The fourth-order valence-corrected chi connectivity index (χ4v) is 4.06. The van der Waals surface area contributed by atoms with Gasteiger partial charge in [0.15, 0.2) is 0 Å². The van der Waals surface area contributed by atoms with E-state index in [1.54, 1.807) is 25.1 Å². The highest BCUT2D eigenvalue weighted by molar-refractivity contribution is 7.61. The molecule has 8 nitrogen and oxygen atoms in total. The summed E-state index contributed by atoms with van der Waals surface area (Å²) in [6, 6.07) is 12.1. The van der Waals surface area contributed by atoms with Crippen LogP contribution in [0.1, 0.15) is 6.92 Å². The molecule has 2 N–H and O–H groups in total. The van der Waals surface area contributed by atoms with Gasteiger partial charge in [-0.2, -0.15) is 4.31 Å². The smallest absolute Gasteiger partial charge is 0.403 e. The van der Waals surface area contributed by atoms with Gasteiger partial charge >= 0.3 is 15.6 Å². The number of phosphoric acid groups is 2. The topological polar surface area (TPSA) is 112 Å². The lowest BCUT2D eigenvalue weighted by Crippen LogP contribution is -2.07. The standard InChI is InChI=1S/C14H18O8P2/c1-2-19-10-11-20-24(18,22-23(15,16)17)21-14-9-5-7-12-6-3-4-8-13(12)14/h3-9H,2,10-11H2,1H3,(H2,15,16,17). The molecule has 132 valence electrons. The minimum atomic E-state index is -5.09. The fourth-order valence-electron chi connectivity index (χ4n) is 1.94. The summed E-state index contributed by atoms with van der Waals surface area (Å²) in [4.78, 5) is 17.9. The van der Waals surface area contributed by atoms with Gasteiger partial charge in [-0.3, -0.25) is 4.52 Å². The van der Waals surface area contributed by atoms with Crippen molar-refractivity contribution in [2.45, 2.75) is 6.92 Å². The van der Waals surface area contributed by atoms with Crippen molar-refractivity contribution in [2.24, 2.45) is 0 Å². The van der Waals surface area contributed by atoms with Crippen LogP contribution in [0.5, 0.6) is 5.75 Å². The van der Waals surface area contributed by atoms with E-state index in [0.717, 1.165) is 5.39 Å². The van der Waals surface area contributed by atoms with Crippen molar-refractivity contribution in [1.82, 2.24) is 0 Å². The molecule has 0 bridgehead atoms. The number of hydrogen-bond donors (Lipinski definition) is 2. The van der Waals surface area contributed by atoms with Gasteiger partial charge in [0.2, 0.25) is 0 Å². The van der Waals surface area contributed by atoms with Crippen molar-refractivity contribution in [3.8, 4) is 5.75 Å². The van der Waals surface area contributed by atoms with Crippen LogP contribution in [-0.4, -0.2) is 29.6 Å². The fraction of sp³-hybridized carbons (Fsp3) is 0.286. The van der Waals surface area contributed by atoms with Crippen LogP contribution >= 0.6 is 15.6 Å². The molecule has 0 aromatic heterocycles. The summed E-state index contributed by atoms with van der Waals surface area (Å²) >= 11 is 0. The van der Waals surface area contributed by atoms with E-state index in [2.05, 4.69) is 4.31 Å². The van der Waals surface area contributed by atoms with E-state index in [-0.39, 0.29) is 19.0 Å². The van der Waals surface area contributed by atoms with Gasteiger partial charge in [0, 0.05) is 12.0 Å². The molecule has 0 amide bonds. The van der Waals surface area contributed by atoms with Crippen molar-refractivity contribution in [1.29, 1.82) is 0 Å². The van der Waals surface area contributed by atoms with Gasteiger partial charge in [-0.05, 0) is 18.4 Å². The zero-order valence-corrected chi connectivity index (χ0v) is 14.7. The van der Waals surface area contributed by atoms with Crippen LogP contribution in [0, 0.1) is 0 Å². The Morgan fingerprint density at radius 3 is 2.42 bits per heavy atom. The minimum absolute atomic E-state index is 0.0733. The summed E-state index contributed by atoms with van der Waals surface area (Å²) in [6.07, 6.45) is 0. The van der Waals surface area contributed by atoms with E-state index in [1.165, 1.54) is 6.07 Å². The van der Waals surface area contributed by atoms with E-state index in [9.17, 15) is 9.13 Å². The Morgan fingerprint density at radius 2 is 1.71 bits per heavy atom. The lowest BCUT2D eigenvalue weighted by Gasteiger charge is -2.19. The third-order valence-electron chi connectivity index (χ3n) is 2.85. The van der Waals surface area contributed by atoms with E-state index >= 15 is 0 Å². The molecular formula is C14H18O8P2. The lowest BCUT2D eigenvalue weighted by molar-refractivity contribution is 0.0936. The molecule has 0 aliphatic rings. The van der Waals surface area contributed by atoms with Crippen molar-refractivity contribution >= 4 is 26.4 Å². The second-order valence-corrected chi connectivity index (χ2v) is 7.59. The van der Waals surface area contributed by atoms with Gasteiger partial charge in [-0.15, -0.1) is 0 Å². The molecule has 0 spiro atoms. The van der Waals surface area contributed by atoms with Gasteiger partial charge < -0.3 is 19.0 Å². The average molecular weight is 376 g/mol. The van der Waals surface area contributed by atoms with Gasteiger partial charge in [0.25, 0.3) is 0 Å². The third kappa shape index (κ3) is 5.69. The number of hydrogen-bond acceptors (Lipinski definition) is 6. The first kappa shape index (κ1) is 19.1. The van der Waals surface area contributed by atoms with Gasteiger partial charge in [-0.1, -0.05) is 36.4 Å². The number of phosphoric ester groups is 1. The summed E-state index contributed by atoms with van der Waals surface area (Å²) < 4.78 is 43.2. The maximum absolute atomic E-state index is 12.6. The second-order valence-electron chi connectivity index (χ2n) is 4.62. The van der Waals surface area contributed by atoms with Crippen molar-refractivity contribution in [2.75, 3.05) is 19.8 Å². The van der Waals surface area contributed by atoms with Crippen LogP contribution in [0.15, 0.2) is 42.5 Å². The molecule has 0 fully saturated rings. The van der Waals surface area contributed by atoms with Crippen LogP contribution in [0.2, 0.25) is 0 Å². The maximum atomic E-state index is 12.6. The molecule has 24 heavy (non-hydrogen) atoms. The zero-order valence-electron chi connectivity index (χ0n) is 12.9. The molecule has 2 aromatic rings. The van der Waals surface area contributed by atoms with E-state index in [4.69, 9.17) is 23.6 Å². The van der Waals surface area contributed by atoms with Crippen LogP contribution < -0.4 is 4.52 Å².